The minimum absolute atomic E-state index is 0.290. The van der Waals surface area contributed by atoms with Crippen LogP contribution in [0.1, 0.15) is 24.5 Å². The second-order valence-corrected chi connectivity index (χ2v) is 6.95. The van der Waals surface area contributed by atoms with Gasteiger partial charge in [-0.15, -0.1) is 0 Å². The summed E-state index contributed by atoms with van der Waals surface area (Å²) >= 11 is 6.04. The van der Waals surface area contributed by atoms with Crippen LogP contribution in [0.5, 0.6) is 0 Å². The van der Waals surface area contributed by atoms with Gasteiger partial charge in [0.2, 0.25) is 0 Å². The van der Waals surface area contributed by atoms with Gasteiger partial charge >= 0.3 is 0 Å². The molecule has 6 heteroatoms. The Morgan fingerprint density at radius 2 is 1.82 bits per heavy atom. The Hall–Kier alpha value is -2.63. The highest BCUT2D eigenvalue weighted by Crippen LogP contribution is 2.31. The van der Waals surface area contributed by atoms with E-state index in [0.717, 1.165) is 11.3 Å². The molecule has 2 aromatic rings. The number of amides is 2. The molecule has 3 rings (SSSR count). The molecule has 0 aliphatic carbocycles. The van der Waals surface area contributed by atoms with Crippen molar-refractivity contribution < 1.29 is 14.3 Å². The van der Waals surface area contributed by atoms with Crippen molar-refractivity contribution in [1.29, 1.82) is 0 Å². The Morgan fingerprint density at radius 1 is 1.07 bits per heavy atom. The van der Waals surface area contributed by atoms with E-state index in [1.165, 1.54) is 4.90 Å². The summed E-state index contributed by atoms with van der Waals surface area (Å²) in [7, 11) is 0. The quantitative estimate of drug-likeness (QED) is 0.533. The minimum Gasteiger partial charge on any atom is -0.382 e. The predicted molar refractivity (Wildman–Crippen MR) is 111 cm³/mol. The van der Waals surface area contributed by atoms with Gasteiger partial charge in [-0.2, -0.15) is 0 Å². The first-order chi connectivity index (χ1) is 13.5. The van der Waals surface area contributed by atoms with Crippen LogP contribution in [-0.4, -0.2) is 36.5 Å². The molecule has 0 bridgehead atoms. The molecule has 28 heavy (non-hydrogen) atoms. The number of rotatable bonds is 8. The predicted octanol–water partition coefficient (Wildman–Crippen LogP) is 4.27. The first-order valence-corrected chi connectivity index (χ1v) is 9.67. The van der Waals surface area contributed by atoms with E-state index in [-0.39, 0.29) is 17.5 Å². The Balaban J connectivity index is 1.94. The van der Waals surface area contributed by atoms with Crippen molar-refractivity contribution in [3.8, 4) is 0 Å². The highest BCUT2D eigenvalue weighted by molar-refractivity contribution is 6.36. The SMILES string of the molecule is CCOCCCN1C(=O)C(Nc2ccc(Cl)cc2C)=C(c2ccccc2)C1=O. The number of carbonyl (C=O) groups is 2. The third kappa shape index (κ3) is 4.26. The van der Waals surface area contributed by atoms with Gasteiger partial charge < -0.3 is 10.1 Å². The van der Waals surface area contributed by atoms with Gasteiger partial charge in [-0.25, -0.2) is 0 Å². The maximum atomic E-state index is 13.1. The molecular formula is C22H23ClN2O3. The number of carbonyl (C=O) groups excluding carboxylic acids is 2. The Morgan fingerprint density at radius 3 is 2.50 bits per heavy atom. The number of hydrogen-bond donors (Lipinski definition) is 1. The van der Waals surface area contributed by atoms with Crippen LogP contribution in [0.15, 0.2) is 54.2 Å². The molecule has 146 valence electrons. The highest BCUT2D eigenvalue weighted by Gasteiger charge is 2.38. The summed E-state index contributed by atoms with van der Waals surface area (Å²) in [4.78, 5) is 27.4. The zero-order valence-electron chi connectivity index (χ0n) is 16.0. The fourth-order valence-corrected chi connectivity index (χ4v) is 3.37. The first kappa shape index (κ1) is 20.1. The smallest absolute Gasteiger partial charge is 0.278 e. The fraction of sp³-hybridized carbons (Fsp3) is 0.273. The van der Waals surface area contributed by atoms with Crippen LogP contribution in [0, 0.1) is 6.92 Å². The van der Waals surface area contributed by atoms with Crippen molar-refractivity contribution in [1.82, 2.24) is 4.90 Å². The number of imide groups is 1. The monoisotopic (exact) mass is 398 g/mol. The number of aryl methyl sites for hydroxylation is 1. The Labute approximate surface area is 169 Å². The molecule has 0 fully saturated rings. The van der Waals surface area contributed by atoms with Crippen LogP contribution in [0.25, 0.3) is 5.57 Å². The molecule has 2 aromatic carbocycles. The van der Waals surface area contributed by atoms with Gasteiger partial charge in [0.1, 0.15) is 5.70 Å². The molecule has 0 saturated carbocycles. The molecule has 0 spiro atoms. The number of nitrogens with zero attached hydrogens (tertiary/aromatic N) is 1. The fourth-order valence-electron chi connectivity index (χ4n) is 3.14. The van der Waals surface area contributed by atoms with Crippen molar-refractivity contribution in [3.63, 3.8) is 0 Å². The van der Waals surface area contributed by atoms with Gasteiger partial charge in [-0.3, -0.25) is 14.5 Å². The van der Waals surface area contributed by atoms with E-state index in [0.29, 0.717) is 42.3 Å². The van der Waals surface area contributed by atoms with E-state index < -0.39 is 0 Å². The van der Waals surface area contributed by atoms with Crippen LogP contribution in [0.2, 0.25) is 5.02 Å². The normalized spacial score (nSPS) is 14.2. The number of hydrogen-bond acceptors (Lipinski definition) is 4. The average Bonchev–Trinajstić information content (AvgIpc) is 2.92. The number of halogens is 1. The average molecular weight is 399 g/mol. The van der Waals surface area contributed by atoms with E-state index in [9.17, 15) is 9.59 Å². The lowest BCUT2D eigenvalue weighted by molar-refractivity contribution is -0.137. The lowest BCUT2D eigenvalue weighted by Crippen LogP contribution is -2.34. The highest BCUT2D eigenvalue weighted by atomic mass is 35.5. The summed E-state index contributed by atoms with van der Waals surface area (Å²) in [6, 6.07) is 14.6. The Bertz CT molecular complexity index is 909. The molecular weight excluding hydrogens is 376 g/mol. The van der Waals surface area contributed by atoms with E-state index in [2.05, 4.69) is 5.32 Å². The number of benzene rings is 2. The largest absolute Gasteiger partial charge is 0.382 e. The van der Waals surface area contributed by atoms with Crippen molar-refractivity contribution in [2.24, 2.45) is 0 Å². The summed E-state index contributed by atoms with van der Waals surface area (Å²) < 4.78 is 5.33. The number of anilines is 1. The molecule has 0 radical (unpaired) electrons. The van der Waals surface area contributed by atoms with E-state index in [1.807, 2.05) is 56.3 Å². The second kappa shape index (κ2) is 9.04. The van der Waals surface area contributed by atoms with E-state index in [1.54, 1.807) is 6.07 Å². The molecule has 1 heterocycles. The lowest BCUT2D eigenvalue weighted by Gasteiger charge is -2.15. The van der Waals surface area contributed by atoms with E-state index >= 15 is 0 Å². The van der Waals surface area contributed by atoms with E-state index in [4.69, 9.17) is 16.3 Å². The molecule has 0 unspecified atom stereocenters. The molecule has 1 aliphatic rings. The number of nitrogens with one attached hydrogen (secondary N) is 1. The standard InChI is InChI=1S/C22H23ClN2O3/c1-3-28-13-7-12-25-21(26)19(16-8-5-4-6-9-16)20(22(25)27)24-18-11-10-17(23)14-15(18)2/h4-6,8-11,14,24H,3,7,12-13H2,1-2H3. The molecule has 0 aromatic heterocycles. The van der Waals surface area contributed by atoms with Crippen LogP contribution < -0.4 is 5.32 Å². The van der Waals surface area contributed by atoms with Gasteiger partial charge in [-0.1, -0.05) is 41.9 Å². The molecule has 1 aliphatic heterocycles. The van der Waals surface area contributed by atoms with Crippen molar-refractivity contribution >= 4 is 34.7 Å². The zero-order valence-corrected chi connectivity index (χ0v) is 16.8. The van der Waals surface area contributed by atoms with Crippen molar-refractivity contribution in [2.75, 3.05) is 25.1 Å². The van der Waals surface area contributed by atoms with Gasteiger partial charge in [0.05, 0.1) is 5.57 Å². The third-order valence-electron chi connectivity index (χ3n) is 4.55. The maximum Gasteiger partial charge on any atom is 0.278 e. The van der Waals surface area contributed by atoms with Crippen molar-refractivity contribution in [2.45, 2.75) is 20.3 Å². The number of ether oxygens (including phenoxy) is 1. The van der Waals surface area contributed by atoms with Crippen LogP contribution in [0.3, 0.4) is 0 Å². The van der Waals surface area contributed by atoms with Crippen LogP contribution in [-0.2, 0) is 14.3 Å². The summed E-state index contributed by atoms with van der Waals surface area (Å²) in [6.07, 6.45) is 0.598. The molecule has 1 N–H and O–H groups in total. The maximum absolute atomic E-state index is 13.1. The van der Waals surface area contributed by atoms with Gasteiger partial charge in [0, 0.05) is 30.5 Å². The second-order valence-electron chi connectivity index (χ2n) is 6.51. The molecule has 2 amide bonds. The lowest BCUT2D eigenvalue weighted by atomic mass is 10.0. The Kier molecular flexibility index (Phi) is 6.49. The summed E-state index contributed by atoms with van der Waals surface area (Å²) in [5, 5.41) is 3.79. The molecule has 0 saturated heterocycles. The third-order valence-corrected chi connectivity index (χ3v) is 4.79. The van der Waals surface area contributed by atoms with Crippen molar-refractivity contribution in [3.05, 3.63) is 70.4 Å². The summed E-state index contributed by atoms with van der Waals surface area (Å²) in [5.74, 6) is -0.614. The summed E-state index contributed by atoms with van der Waals surface area (Å²) in [6.45, 7) is 5.25. The van der Waals surface area contributed by atoms with Gasteiger partial charge in [0.15, 0.2) is 0 Å². The first-order valence-electron chi connectivity index (χ1n) is 9.29. The van der Waals surface area contributed by atoms with Gasteiger partial charge in [0.25, 0.3) is 11.8 Å². The summed E-state index contributed by atoms with van der Waals surface area (Å²) in [5.41, 5.74) is 3.02. The molecule has 5 nitrogen and oxygen atoms in total. The topological polar surface area (TPSA) is 58.6 Å². The van der Waals surface area contributed by atoms with Crippen LogP contribution >= 0.6 is 11.6 Å². The zero-order chi connectivity index (χ0) is 20.1. The van der Waals surface area contributed by atoms with Crippen LogP contribution in [0.4, 0.5) is 5.69 Å². The van der Waals surface area contributed by atoms with Gasteiger partial charge in [-0.05, 0) is 49.6 Å². The minimum atomic E-state index is -0.324. The molecule has 0 atom stereocenters.